The quantitative estimate of drug-likeness (QED) is 0.793. The summed E-state index contributed by atoms with van der Waals surface area (Å²) >= 11 is 0. The van der Waals surface area contributed by atoms with Crippen LogP contribution in [0.1, 0.15) is 31.2 Å². The second-order valence-electron chi connectivity index (χ2n) is 5.09. The Morgan fingerprint density at radius 2 is 2.00 bits per heavy atom. The van der Waals surface area contributed by atoms with Crippen molar-refractivity contribution in [1.82, 2.24) is 14.5 Å². The minimum absolute atomic E-state index is 0.543. The standard InChI is InChI=1S/C16H23N3/c1-4-19(13-16-17-10-11-18(16)3)12-14(2)15-8-6-5-7-9-15/h5-11,14H,4,12-13H2,1-3H3. The maximum absolute atomic E-state index is 4.40. The van der Waals surface area contributed by atoms with Crippen molar-refractivity contribution in [2.75, 3.05) is 13.1 Å². The first-order chi connectivity index (χ1) is 9.20. The minimum Gasteiger partial charge on any atom is -0.337 e. The first-order valence-electron chi connectivity index (χ1n) is 6.94. The topological polar surface area (TPSA) is 21.1 Å². The van der Waals surface area contributed by atoms with Gasteiger partial charge in [-0.15, -0.1) is 0 Å². The number of hydrogen-bond donors (Lipinski definition) is 0. The van der Waals surface area contributed by atoms with Gasteiger partial charge in [0.1, 0.15) is 5.82 Å². The van der Waals surface area contributed by atoms with Crippen molar-refractivity contribution in [2.45, 2.75) is 26.3 Å². The number of likely N-dealkylation sites (N-methyl/N-ethyl adjacent to an activating group) is 1. The molecule has 0 saturated carbocycles. The van der Waals surface area contributed by atoms with Gasteiger partial charge >= 0.3 is 0 Å². The largest absolute Gasteiger partial charge is 0.337 e. The highest BCUT2D eigenvalue weighted by atomic mass is 15.2. The molecule has 0 radical (unpaired) electrons. The predicted molar refractivity (Wildman–Crippen MR) is 79.0 cm³/mol. The van der Waals surface area contributed by atoms with E-state index in [1.54, 1.807) is 0 Å². The third-order valence-corrected chi connectivity index (χ3v) is 3.63. The molecule has 0 N–H and O–H groups in total. The summed E-state index contributed by atoms with van der Waals surface area (Å²) in [6.45, 7) is 7.52. The summed E-state index contributed by atoms with van der Waals surface area (Å²) in [6, 6.07) is 10.7. The molecule has 102 valence electrons. The van der Waals surface area contributed by atoms with Crippen molar-refractivity contribution in [2.24, 2.45) is 7.05 Å². The van der Waals surface area contributed by atoms with Gasteiger partial charge in [-0.25, -0.2) is 4.98 Å². The lowest BCUT2D eigenvalue weighted by Gasteiger charge is -2.24. The molecule has 0 bridgehead atoms. The van der Waals surface area contributed by atoms with Gasteiger partial charge in [-0.3, -0.25) is 4.90 Å². The second-order valence-corrected chi connectivity index (χ2v) is 5.09. The van der Waals surface area contributed by atoms with Crippen LogP contribution in [0.4, 0.5) is 0 Å². The molecule has 3 nitrogen and oxygen atoms in total. The number of benzene rings is 1. The molecule has 2 rings (SSSR count). The Balaban J connectivity index is 1.98. The van der Waals surface area contributed by atoms with E-state index in [-0.39, 0.29) is 0 Å². The molecular weight excluding hydrogens is 234 g/mol. The maximum atomic E-state index is 4.40. The molecule has 1 atom stereocenters. The zero-order chi connectivity index (χ0) is 13.7. The fourth-order valence-corrected chi connectivity index (χ4v) is 2.33. The Kier molecular flexibility index (Phi) is 4.74. The van der Waals surface area contributed by atoms with Crippen LogP contribution in [0.3, 0.4) is 0 Å². The van der Waals surface area contributed by atoms with E-state index in [9.17, 15) is 0 Å². The second kappa shape index (κ2) is 6.53. The van der Waals surface area contributed by atoms with Crippen LogP contribution in [0.15, 0.2) is 42.7 Å². The van der Waals surface area contributed by atoms with Crippen molar-refractivity contribution in [3.05, 3.63) is 54.1 Å². The first kappa shape index (κ1) is 13.8. The highest BCUT2D eigenvalue weighted by Gasteiger charge is 2.12. The van der Waals surface area contributed by atoms with Crippen LogP contribution in [0.2, 0.25) is 0 Å². The van der Waals surface area contributed by atoms with E-state index >= 15 is 0 Å². The zero-order valence-electron chi connectivity index (χ0n) is 12.1. The third kappa shape index (κ3) is 3.67. The Morgan fingerprint density at radius 3 is 2.58 bits per heavy atom. The summed E-state index contributed by atoms with van der Waals surface area (Å²) in [7, 11) is 2.05. The van der Waals surface area contributed by atoms with Gasteiger partial charge < -0.3 is 4.57 Å². The molecule has 1 heterocycles. The fourth-order valence-electron chi connectivity index (χ4n) is 2.33. The molecule has 0 saturated heterocycles. The van der Waals surface area contributed by atoms with E-state index in [0.717, 1.165) is 25.5 Å². The Morgan fingerprint density at radius 1 is 1.26 bits per heavy atom. The molecule has 2 aromatic rings. The third-order valence-electron chi connectivity index (χ3n) is 3.63. The average Bonchev–Trinajstić information content (AvgIpc) is 2.84. The van der Waals surface area contributed by atoms with Gasteiger partial charge in [-0.1, -0.05) is 44.2 Å². The Hall–Kier alpha value is -1.61. The highest BCUT2D eigenvalue weighted by molar-refractivity contribution is 5.19. The number of imidazole rings is 1. The van der Waals surface area contributed by atoms with Crippen molar-refractivity contribution < 1.29 is 0 Å². The maximum Gasteiger partial charge on any atom is 0.122 e. The van der Waals surface area contributed by atoms with Gasteiger partial charge in [-0.05, 0) is 18.0 Å². The number of nitrogens with zero attached hydrogens (tertiary/aromatic N) is 3. The SMILES string of the molecule is CCN(Cc1nccn1C)CC(C)c1ccccc1. The van der Waals surface area contributed by atoms with Crippen LogP contribution in [0.25, 0.3) is 0 Å². The summed E-state index contributed by atoms with van der Waals surface area (Å²) in [4.78, 5) is 6.85. The van der Waals surface area contributed by atoms with Gasteiger partial charge in [0.05, 0.1) is 6.54 Å². The summed E-state index contributed by atoms with van der Waals surface area (Å²) in [6.07, 6.45) is 3.87. The molecular formula is C16H23N3. The normalized spacial score (nSPS) is 12.8. The smallest absolute Gasteiger partial charge is 0.122 e. The Bertz CT molecular complexity index is 490. The molecule has 0 aliphatic carbocycles. The van der Waals surface area contributed by atoms with Gasteiger partial charge in [0.25, 0.3) is 0 Å². The molecule has 1 aromatic carbocycles. The first-order valence-corrected chi connectivity index (χ1v) is 6.94. The number of rotatable bonds is 6. The lowest BCUT2D eigenvalue weighted by atomic mass is 10.0. The van der Waals surface area contributed by atoms with E-state index in [4.69, 9.17) is 0 Å². The van der Waals surface area contributed by atoms with Crippen LogP contribution < -0.4 is 0 Å². The molecule has 1 aromatic heterocycles. The molecule has 1 unspecified atom stereocenters. The fraction of sp³-hybridized carbons (Fsp3) is 0.438. The minimum atomic E-state index is 0.543. The monoisotopic (exact) mass is 257 g/mol. The molecule has 0 fully saturated rings. The van der Waals surface area contributed by atoms with E-state index < -0.39 is 0 Å². The summed E-state index contributed by atoms with van der Waals surface area (Å²) in [5.74, 6) is 1.67. The number of aromatic nitrogens is 2. The molecule has 3 heteroatoms. The van der Waals surface area contributed by atoms with Crippen LogP contribution in [-0.4, -0.2) is 27.5 Å². The van der Waals surface area contributed by atoms with Crippen molar-refractivity contribution in [3.8, 4) is 0 Å². The lowest BCUT2D eigenvalue weighted by molar-refractivity contribution is 0.257. The predicted octanol–water partition coefficient (Wildman–Crippen LogP) is 3.05. The molecule has 0 amide bonds. The highest BCUT2D eigenvalue weighted by Crippen LogP contribution is 2.16. The average molecular weight is 257 g/mol. The van der Waals surface area contributed by atoms with E-state index in [2.05, 4.69) is 65.7 Å². The molecule has 19 heavy (non-hydrogen) atoms. The van der Waals surface area contributed by atoms with Gasteiger partial charge in [0, 0.05) is 26.0 Å². The number of aryl methyl sites for hydroxylation is 1. The van der Waals surface area contributed by atoms with E-state index in [1.165, 1.54) is 5.56 Å². The van der Waals surface area contributed by atoms with Crippen molar-refractivity contribution in [3.63, 3.8) is 0 Å². The zero-order valence-corrected chi connectivity index (χ0v) is 12.1. The molecule has 0 aliphatic heterocycles. The van der Waals surface area contributed by atoms with Gasteiger partial charge in [0.2, 0.25) is 0 Å². The summed E-state index contributed by atoms with van der Waals surface area (Å²) in [5.41, 5.74) is 1.40. The Labute approximate surface area is 115 Å². The van der Waals surface area contributed by atoms with Gasteiger partial charge in [-0.2, -0.15) is 0 Å². The number of hydrogen-bond acceptors (Lipinski definition) is 2. The van der Waals surface area contributed by atoms with E-state index in [1.807, 2.05) is 12.4 Å². The lowest BCUT2D eigenvalue weighted by Crippen LogP contribution is -2.28. The van der Waals surface area contributed by atoms with Crippen LogP contribution >= 0.6 is 0 Å². The summed E-state index contributed by atoms with van der Waals surface area (Å²) < 4.78 is 2.09. The van der Waals surface area contributed by atoms with Crippen LogP contribution in [0, 0.1) is 0 Å². The molecule has 0 spiro atoms. The molecule has 0 aliphatic rings. The van der Waals surface area contributed by atoms with Gasteiger partial charge in [0.15, 0.2) is 0 Å². The van der Waals surface area contributed by atoms with Crippen LogP contribution in [-0.2, 0) is 13.6 Å². The van der Waals surface area contributed by atoms with Crippen LogP contribution in [0.5, 0.6) is 0 Å². The van der Waals surface area contributed by atoms with Crippen molar-refractivity contribution >= 4 is 0 Å². The van der Waals surface area contributed by atoms with E-state index in [0.29, 0.717) is 5.92 Å². The summed E-state index contributed by atoms with van der Waals surface area (Å²) in [5, 5.41) is 0. The van der Waals surface area contributed by atoms with Crippen molar-refractivity contribution in [1.29, 1.82) is 0 Å².